The van der Waals surface area contributed by atoms with Crippen LogP contribution in [0.4, 0.5) is 0 Å². The number of benzene rings is 1. The van der Waals surface area contributed by atoms with Gasteiger partial charge in [0.1, 0.15) is 19.0 Å². The minimum Gasteiger partial charge on any atom is -0.492 e. The minimum atomic E-state index is -0.489. The molecule has 5 nitrogen and oxygen atoms in total. The molecular weight excluding hydrogens is 270 g/mol. The van der Waals surface area contributed by atoms with Crippen molar-refractivity contribution in [2.24, 2.45) is 0 Å². The van der Waals surface area contributed by atoms with E-state index in [1.54, 1.807) is 7.11 Å². The lowest BCUT2D eigenvalue weighted by atomic mass is 10.2. The Morgan fingerprint density at radius 3 is 2.90 bits per heavy atom. The van der Waals surface area contributed by atoms with Crippen molar-refractivity contribution in [1.82, 2.24) is 4.90 Å². The fourth-order valence-corrected chi connectivity index (χ4v) is 1.82. The summed E-state index contributed by atoms with van der Waals surface area (Å²) < 4.78 is 10.5. The van der Waals surface area contributed by atoms with E-state index in [4.69, 9.17) is 14.6 Å². The molecule has 1 rings (SSSR count). The number of likely N-dealkylation sites (N-methyl/N-ethyl adjacent to an activating group) is 1. The normalized spacial score (nSPS) is 11.9. The van der Waals surface area contributed by atoms with Crippen LogP contribution in [-0.4, -0.2) is 68.3 Å². The van der Waals surface area contributed by atoms with Gasteiger partial charge in [0.15, 0.2) is 0 Å². The van der Waals surface area contributed by atoms with E-state index in [-0.39, 0.29) is 6.61 Å². The lowest BCUT2D eigenvalue weighted by Crippen LogP contribution is -2.34. The highest BCUT2D eigenvalue weighted by Crippen LogP contribution is 2.12. The molecule has 0 radical (unpaired) electrons. The van der Waals surface area contributed by atoms with Crippen molar-refractivity contribution >= 4 is 0 Å². The molecular formula is C16H23NO4. The zero-order chi connectivity index (χ0) is 15.5. The average Bonchev–Trinajstić information content (AvgIpc) is 2.45. The first-order valence-electron chi connectivity index (χ1n) is 6.84. The summed E-state index contributed by atoms with van der Waals surface area (Å²) in [6.45, 7) is 1.94. The Labute approximate surface area is 126 Å². The van der Waals surface area contributed by atoms with Gasteiger partial charge in [0.05, 0.1) is 12.7 Å². The average molecular weight is 293 g/mol. The van der Waals surface area contributed by atoms with Crippen LogP contribution < -0.4 is 4.74 Å². The Morgan fingerprint density at radius 2 is 2.19 bits per heavy atom. The number of nitrogens with zero attached hydrogens (tertiary/aromatic N) is 1. The molecule has 0 aliphatic carbocycles. The van der Waals surface area contributed by atoms with Gasteiger partial charge in [-0.2, -0.15) is 0 Å². The molecule has 0 aliphatic rings. The van der Waals surface area contributed by atoms with Gasteiger partial charge < -0.3 is 24.6 Å². The van der Waals surface area contributed by atoms with E-state index in [9.17, 15) is 5.11 Å². The molecule has 0 saturated heterocycles. The van der Waals surface area contributed by atoms with Crippen molar-refractivity contribution in [3.8, 4) is 17.6 Å². The van der Waals surface area contributed by atoms with Gasteiger partial charge in [0.2, 0.25) is 0 Å². The monoisotopic (exact) mass is 293 g/mol. The maximum absolute atomic E-state index is 9.61. The second-order valence-corrected chi connectivity index (χ2v) is 4.71. The molecule has 1 unspecified atom stereocenters. The largest absolute Gasteiger partial charge is 0.492 e. The Morgan fingerprint density at radius 1 is 1.38 bits per heavy atom. The smallest absolute Gasteiger partial charge is 0.120 e. The molecule has 1 atom stereocenters. The number of hydrogen-bond donors (Lipinski definition) is 2. The number of rotatable bonds is 8. The van der Waals surface area contributed by atoms with E-state index in [2.05, 4.69) is 11.8 Å². The van der Waals surface area contributed by atoms with Gasteiger partial charge in [-0.1, -0.05) is 17.9 Å². The van der Waals surface area contributed by atoms with Crippen LogP contribution in [0.1, 0.15) is 5.56 Å². The van der Waals surface area contributed by atoms with Crippen molar-refractivity contribution in [2.45, 2.75) is 6.10 Å². The minimum absolute atomic E-state index is 0.153. The summed E-state index contributed by atoms with van der Waals surface area (Å²) in [5.41, 5.74) is 0.811. The molecule has 2 N–H and O–H groups in total. The maximum Gasteiger partial charge on any atom is 0.120 e. The molecule has 5 heteroatoms. The van der Waals surface area contributed by atoms with E-state index < -0.39 is 6.10 Å². The molecule has 0 amide bonds. The van der Waals surface area contributed by atoms with Gasteiger partial charge in [-0.15, -0.1) is 0 Å². The van der Waals surface area contributed by atoms with Crippen molar-refractivity contribution in [1.29, 1.82) is 0 Å². The predicted molar refractivity (Wildman–Crippen MR) is 81.3 cm³/mol. The van der Waals surface area contributed by atoms with Crippen molar-refractivity contribution in [2.75, 3.05) is 47.1 Å². The van der Waals surface area contributed by atoms with E-state index in [0.29, 0.717) is 26.3 Å². The van der Waals surface area contributed by atoms with E-state index in [0.717, 1.165) is 11.3 Å². The van der Waals surface area contributed by atoms with Crippen LogP contribution in [0.3, 0.4) is 0 Å². The highest BCUT2D eigenvalue weighted by molar-refractivity contribution is 5.39. The van der Waals surface area contributed by atoms with E-state index in [1.165, 1.54) is 0 Å². The summed E-state index contributed by atoms with van der Waals surface area (Å²) >= 11 is 0. The third-order valence-corrected chi connectivity index (χ3v) is 2.77. The quantitative estimate of drug-likeness (QED) is 0.677. The summed E-state index contributed by atoms with van der Waals surface area (Å²) in [6, 6.07) is 7.43. The second kappa shape index (κ2) is 10.2. The van der Waals surface area contributed by atoms with Crippen LogP contribution in [-0.2, 0) is 4.74 Å². The van der Waals surface area contributed by atoms with Crippen molar-refractivity contribution in [3.05, 3.63) is 29.8 Å². The summed E-state index contributed by atoms with van der Waals surface area (Å²) in [4.78, 5) is 1.99. The first-order chi connectivity index (χ1) is 10.2. The first-order valence-corrected chi connectivity index (χ1v) is 6.84. The molecule has 0 heterocycles. The van der Waals surface area contributed by atoms with Gasteiger partial charge in [-0.3, -0.25) is 0 Å². The molecule has 0 saturated carbocycles. The summed E-state index contributed by atoms with van der Waals surface area (Å²) in [6.07, 6.45) is -0.489. The van der Waals surface area contributed by atoms with Crippen LogP contribution in [0.2, 0.25) is 0 Å². The highest BCUT2D eigenvalue weighted by Gasteiger charge is 2.07. The molecule has 21 heavy (non-hydrogen) atoms. The Kier molecular flexibility index (Phi) is 8.48. The first kappa shape index (κ1) is 17.5. The number of aliphatic hydroxyl groups is 2. The van der Waals surface area contributed by atoms with Gasteiger partial charge in [0.25, 0.3) is 0 Å². The number of ether oxygens (including phenoxy) is 2. The SMILES string of the molecule is COCC(O)CN(C)CCOc1cccc(C#CCO)c1. The molecule has 1 aromatic rings. The van der Waals surface area contributed by atoms with Crippen LogP contribution in [0.15, 0.2) is 24.3 Å². The van der Waals surface area contributed by atoms with E-state index in [1.807, 2.05) is 36.2 Å². The Bertz CT molecular complexity index is 467. The zero-order valence-corrected chi connectivity index (χ0v) is 12.6. The fraction of sp³-hybridized carbons (Fsp3) is 0.500. The van der Waals surface area contributed by atoms with Gasteiger partial charge in [0, 0.05) is 25.8 Å². The van der Waals surface area contributed by atoms with Crippen LogP contribution >= 0.6 is 0 Å². The predicted octanol–water partition coefficient (Wildman–Crippen LogP) is 0.348. The lowest BCUT2D eigenvalue weighted by Gasteiger charge is -2.20. The maximum atomic E-state index is 9.61. The second-order valence-electron chi connectivity index (χ2n) is 4.71. The fourth-order valence-electron chi connectivity index (χ4n) is 1.82. The van der Waals surface area contributed by atoms with Crippen molar-refractivity contribution < 1.29 is 19.7 Å². The molecule has 0 spiro atoms. The van der Waals surface area contributed by atoms with Crippen LogP contribution in [0, 0.1) is 11.8 Å². The van der Waals surface area contributed by atoms with Gasteiger partial charge in [-0.25, -0.2) is 0 Å². The third kappa shape index (κ3) is 7.69. The zero-order valence-electron chi connectivity index (χ0n) is 12.6. The molecule has 0 bridgehead atoms. The van der Waals surface area contributed by atoms with E-state index >= 15 is 0 Å². The van der Waals surface area contributed by atoms with Gasteiger partial charge in [-0.05, 0) is 25.2 Å². The Hall–Kier alpha value is -1.58. The molecule has 0 fully saturated rings. The third-order valence-electron chi connectivity index (χ3n) is 2.77. The Balaban J connectivity index is 2.35. The lowest BCUT2D eigenvalue weighted by molar-refractivity contribution is 0.0410. The summed E-state index contributed by atoms with van der Waals surface area (Å²) in [7, 11) is 3.49. The summed E-state index contributed by atoms with van der Waals surface area (Å²) in [5, 5.41) is 18.3. The molecule has 116 valence electrons. The molecule has 1 aromatic carbocycles. The number of hydrogen-bond acceptors (Lipinski definition) is 5. The number of methoxy groups -OCH3 is 1. The standard InChI is InChI=1S/C16H23NO4/c1-17(12-15(19)13-20-2)8-10-21-16-7-3-5-14(11-16)6-4-9-18/h3,5,7,11,15,18-19H,8-10,12-13H2,1-2H3. The van der Waals surface area contributed by atoms with Gasteiger partial charge >= 0.3 is 0 Å². The molecule has 0 aromatic heterocycles. The highest BCUT2D eigenvalue weighted by atomic mass is 16.5. The number of aliphatic hydroxyl groups excluding tert-OH is 2. The van der Waals surface area contributed by atoms with Crippen LogP contribution in [0.25, 0.3) is 0 Å². The molecule has 0 aliphatic heterocycles. The topological polar surface area (TPSA) is 62.2 Å². The van der Waals surface area contributed by atoms with Crippen LogP contribution in [0.5, 0.6) is 5.75 Å². The van der Waals surface area contributed by atoms with Crippen molar-refractivity contribution in [3.63, 3.8) is 0 Å². The summed E-state index contributed by atoms with van der Waals surface area (Å²) in [5.74, 6) is 6.18.